The summed E-state index contributed by atoms with van der Waals surface area (Å²) in [6.45, 7) is 12.0. The van der Waals surface area contributed by atoms with Crippen LogP contribution in [0.1, 0.15) is 33.3 Å². The van der Waals surface area contributed by atoms with E-state index in [1.807, 2.05) is 56.9 Å². The average molecular weight is 592 g/mol. The topological polar surface area (TPSA) is 83.6 Å². The fourth-order valence-corrected chi connectivity index (χ4v) is 4.97. The standard InChI is InChI=1S/C28H31Cl2FN4O3.C2H6/c1-5-38-20-11-7-10-19(15-20)16-35-18(3)24(27(36)32-4)25(21(31)12-6-9-17(2)29)26(35)28(37)34-23-14-8-13-22(30)33-23;1-2/h6-15,18,24-26H,2,5,16H2,1,3-4H3,(H,32,36)(H,33,34,37);1-2H3/b9-6-,21-12-;/t18?,24-,25?,26?;/m1./s1. The predicted molar refractivity (Wildman–Crippen MR) is 160 cm³/mol. The van der Waals surface area contributed by atoms with Crippen molar-refractivity contribution in [3.8, 4) is 5.75 Å². The molecule has 1 fully saturated rings. The van der Waals surface area contributed by atoms with Crippen LogP contribution in [0.5, 0.6) is 5.75 Å². The van der Waals surface area contributed by atoms with Crippen LogP contribution in [0.2, 0.25) is 5.15 Å². The number of amides is 2. The quantitative estimate of drug-likeness (QED) is 0.243. The van der Waals surface area contributed by atoms with Crippen molar-refractivity contribution in [1.82, 2.24) is 15.2 Å². The molecule has 1 aromatic heterocycles. The molecule has 216 valence electrons. The molecule has 1 aliphatic rings. The van der Waals surface area contributed by atoms with Gasteiger partial charge < -0.3 is 15.4 Å². The number of likely N-dealkylation sites (tertiary alicyclic amines) is 1. The normalized spacial score (nSPS) is 20.9. The molecular formula is C30H37Cl2FN4O3. The number of nitrogens with one attached hydrogen (secondary N) is 2. The number of allylic oxidation sites excluding steroid dienone is 4. The summed E-state index contributed by atoms with van der Waals surface area (Å²) in [7, 11) is 1.49. The highest BCUT2D eigenvalue weighted by Gasteiger charge is 2.54. The second-order valence-electron chi connectivity index (χ2n) is 8.80. The van der Waals surface area contributed by atoms with E-state index in [1.165, 1.54) is 25.3 Å². The Morgan fingerprint density at radius 1 is 1.18 bits per heavy atom. The van der Waals surface area contributed by atoms with Gasteiger partial charge in [0.05, 0.1) is 12.5 Å². The van der Waals surface area contributed by atoms with Gasteiger partial charge in [-0.2, -0.15) is 0 Å². The van der Waals surface area contributed by atoms with Gasteiger partial charge in [0.25, 0.3) is 0 Å². The first-order valence-corrected chi connectivity index (χ1v) is 13.9. The zero-order valence-electron chi connectivity index (χ0n) is 23.5. The van der Waals surface area contributed by atoms with E-state index in [4.69, 9.17) is 27.9 Å². The van der Waals surface area contributed by atoms with E-state index >= 15 is 4.39 Å². The summed E-state index contributed by atoms with van der Waals surface area (Å²) in [4.78, 5) is 32.8. The fraction of sp³-hybridized carbons (Fsp3) is 0.367. The molecule has 0 aliphatic carbocycles. The van der Waals surface area contributed by atoms with Gasteiger partial charge in [-0.05, 0) is 55.8 Å². The summed E-state index contributed by atoms with van der Waals surface area (Å²) in [5.41, 5.74) is 0.848. The van der Waals surface area contributed by atoms with Crippen molar-refractivity contribution >= 4 is 40.8 Å². The van der Waals surface area contributed by atoms with E-state index in [0.717, 1.165) is 5.56 Å². The average Bonchev–Trinajstić information content (AvgIpc) is 3.21. The molecule has 2 N–H and O–H groups in total. The van der Waals surface area contributed by atoms with Gasteiger partial charge in [0.1, 0.15) is 28.6 Å². The lowest BCUT2D eigenvalue weighted by molar-refractivity contribution is -0.126. The molecule has 2 amide bonds. The highest BCUT2D eigenvalue weighted by molar-refractivity contribution is 6.30. The lowest BCUT2D eigenvalue weighted by Gasteiger charge is -2.29. The van der Waals surface area contributed by atoms with Crippen molar-refractivity contribution in [2.24, 2.45) is 11.8 Å². The fourth-order valence-electron chi connectivity index (χ4n) is 4.73. The van der Waals surface area contributed by atoms with Crippen LogP contribution in [0.15, 0.2) is 78.1 Å². The molecule has 0 spiro atoms. The molecule has 7 nitrogen and oxygen atoms in total. The maximum Gasteiger partial charge on any atom is 0.243 e. The third kappa shape index (κ3) is 8.65. The van der Waals surface area contributed by atoms with E-state index in [9.17, 15) is 9.59 Å². The predicted octanol–water partition coefficient (Wildman–Crippen LogP) is 6.51. The maximum absolute atomic E-state index is 15.9. The largest absolute Gasteiger partial charge is 0.494 e. The van der Waals surface area contributed by atoms with Gasteiger partial charge >= 0.3 is 0 Å². The Morgan fingerprint density at radius 2 is 1.88 bits per heavy atom. The smallest absolute Gasteiger partial charge is 0.243 e. The Kier molecular flexibility index (Phi) is 13.3. The number of carbonyl (C=O) groups excluding carboxylic acids is 2. The van der Waals surface area contributed by atoms with Crippen LogP contribution in [0.4, 0.5) is 10.2 Å². The molecule has 2 aromatic rings. The summed E-state index contributed by atoms with van der Waals surface area (Å²) >= 11 is 11.8. The number of benzene rings is 1. The van der Waals surface area contributed by atoms with Crippen LogP contribution >= 0.6 is 23.2 Å². The van der Waals surface area contributed by atoms with Crippen LogP contribution in [0.25, 0.3) is 0 Å². The Labute approximate surface area is 246 Å². The molecular weight excluding hydrogens is 554 g/mol. The van der Waals surface area contributed by atoms with Crippen LogP contribution < -0.4 is 15.4 Å². The molecule has 0 saturated carbocycles. The first-order valence-electron chi connectivity index (χ1n) is 13.2. The molecule has 1 aliphatic heterocycles. The molecule has 10 heteroatoms. The molecule has 1 aromatic carbocycles. The van der Waals surface area contributed by atoms with Gasteiger partial charge in [0, 0.05) is 30.6 Å². The van der Waals surface area contributed by atoms with E-state index in [1.54, 1.807) is 18.2 Å². The maximum atomic E-state index is 15.9. The molecule has 40 heavy (non-hydrogen) atoms. The summed E-state index contributed by atoms with van der Waals surface area (Å²) in [6, 6.07) is 10.7. The number of aromatic nitrogens is 1. The third-order valence-electron chi connectivity index (χ3n) is 6.34. The highest BCUT2D eigenvalue weighted by atomic mass is 35.5. The van der Waals surface area contributed by atoms with Gasteiger partial charge in [-0.15, -0.1) is 0 Å². The molecule has 0 radical (unpaired) electrons. The highest BCUT2D eigenvalue weighted by Crippen LogP contribution is 2.42. The minimum absolute atomic E-state index is 0.199. The lowest BCUT2D eigenvalue weighted by atomic mass is 9.85. The van der Waals surface area contributed by atoms with Crippen molar-refractivity contribution in [2.75, 3.05) is 19.0 Å². The van der Waals surface area contributed by atoms with Crippen molar-refractivity contribution < 1.29 is 18.7 Å². The molecule has 1 saturated heterocycles. The van der Waals surface area contributed by atoms with Gasteiger partial charge in [0.2, 0.25) is 11.8 Å². The number of pyridine rings is 1. The van der Waals surface area contributed by atoms with Crippen LogP contribution in [0, 0.1) is 11.8 Å². The first kappa shape index (κ1) is 33.0. The van der Waals surface area contributed by atoms with Crippen molar-refractivity contribution in [1.29, 1.82) is 0 Å². The SMILES string of the molecule is C=C(Cl)/C=C\C=C(/F)C1C(C(=O)Nc2cccc(Cl)n2)N(Cc2cccc(OCC)c2)C(C)[C@H]1C(=O)NC.CC. The Morgan fingerprint density at radius 3 is 2.50 bits per heavy atom. The summed E-state index contributed by atoms with van der Waals surface area (Å²) in [6.07, 6.45) is 4.03. The number of halogens is 3. The van der Waals surface area contributed by atoms with Crippen LogP contribution in [0.3, 0.4) is 0 Å². The van der Waals surface area contributed by atoms with E-state index in [2.05, 4.69) is 22.2 Å². The van der Waals surface area contributed by atoms with Crippen molar-refractivity contribution in [3.05, 3.63) is 88.8 Å². The number of ether oxygens (including phenoxy) is 1. The van der Waals surface area contributed by atoms with Gasteiger partial charge in [-0.1, -0.05) is 67.9 Å². The minimum atomic E-state index is -1.09. The lowest BCUT2D eigenvalue weighted by Crippen LogP contribution is -2.44. The first-order chi connectivity index (χ1) is 19.2. The summed E-state index contributed by atoms with van der Waals surface area (Å²) < 4.78 is 21.5. The Balaban J connectivity index is 0.00000274. The van der Waals surface area contributed by atoms with Crippen LogP contribution in [-0.4, -0.2) is 47.4 Å². The molecule has 3 unspecified atom stereocenters. The zero-order chi connectivity index (χ0) is 29.8. The number of hydrogen-bond acceptors (Lipinski definition) is 5. The van der Waals surface area contributed by atoms with Crippen molar-refractivity contribution in [2.45, 2.75) is 46.3 Å². The van der Waals surface area contributed by atoms with Crippen molar-refractivity contribution in [3.63, 3.8) is 0 Å². The van der Waals surface area contributed by atoms with E-state index in [-0.39, 0.29) is 28.5 Å². The minimum Gasteiger partial charge on any atom is -0.494 e. The van der Waals surface area contributed by atoms with E-state index in [0.29, 0.717) is 12.4 Å². The van der Waals surface area contributed by atoms with Gasteiger partial charge in [0.15, 0.2) is 0 Å². The van der Waals surface area contributed by atoms with Gasteiger partial charge in [-0.25, -0.2) is 9.37 Å². The number of nitrogens with zero attached hydrogens (tertiary/aromatic N) is 2. The van der Waals surface area contributed by atoms with E-state index < -0.39 is 35.7 Å². The molecule has 0 bridgehead atoms. The zero-order valence-corrected chi connectivity index (χ0v) is 25.0. The monoisotopic (exact) mass is 590 g/mol. The molecule has 3 rings (SSSR count). The van der Waals surface area contributed by atoms with Gasteiger partial charge in [-0.3, -0.25) is 14.5 Å². The summed E-state index contributed by atoms with van der Waals surface area (Å²) in [5, 5.41) is 5.79. The second kappa shape index (κ2) is 16.2. The molecule has 4 atom stereocenters. The number of rotatable bonds is 10. The second-order valence-corrected chi connectivity index (χ2v) is 9.67. The summed E-state index contributed by atoms with van der Waals surface area (Å²) in [5.74, 6) is -2.57. The Bertz CT molecular complexity index is 1240. The third-order valence-corrected chi connectivity index (χ3v) is 6.67. The number of carbonyl (C=O) groups is 2. The Hall–Kier alpha value is -3.20. The molecule has 2 heterocycles. The number of anilines is 1. The number of hydrogen-bond donors (Lipinski definition) is 2. The van der Waals surface area contributed by atoms with Crippen LogP contribution in [-0.2, 0) is 16.1 Å².